The van der Waals surface area contributed by atoms with Gasteiger partial charge in [0.15, 0.2) is 0 Å². The molecular weight excluding hydrogens is 280 g/mol. The molecule has 0 aliphatic carbocycles. The quantitative estimate of drug-likeness (QED) is 0.898. The zero-order valence-electron chi connectivity index (χ0n) is 9.92. The van der Waals surface area contributed by atoms with Crippen LogP contribution in [0.5, 0.6) is 0 Å². The van der Waals surface area contributed by atoms with Gasteiger partial charge in [0.1, 0.15) is 0 Å². The molecule has 1 amide bonds. The Morgan fingerprint density at radius 1 is 1.59 bits per heavy atom. The Balaban J connectivity index is 1.92. The summed E-state index contributed by atoms with van der Waals surface area (Å²) < 4.78 is 0.976. The fourth-order valence-corrected chi connectivity index (χ4v) is 2.36. The van der Waals surface area contributed by atoms with Gasteiger partial charge in [0.2, 0.25) is 0 Å². The standard InChI is InChI=1S/C13H17BrN2O/c1-9-4-5-10(7-12(9)14)13(17)16-8-11-3-2-6-15-11/h4-5,7,11,15H,2-3,6,8H2,1H3,(H,16,17). The van der Waals surface area contributed by atoms with Crippen LogP contribution in [0.3, 0.4) is 0 Å². The van der Waals surface area contributed by atoms with Gasteiger partial charge >= 0.3 is 0 Å². The lowest BCUT2D eigenvalue weighted by Crippen LogP contribution is -2.37. The largest absolute Gasteiger partial charge is 0.350 e. The van der Waals surface area contributed by atoms with Crippen molar-refractivity contribution in [3.63, 3.8) is 0 Å². The minimum absolute atomic E-state index is 0.000556. The maximum Gasteiger partial charge on any atom is 0.251 e. The normalized spacial score (nSPS) is 19.3. The lowest BCUT2D eigenvalue weighted by atomic mass is 10.1. The Morgan fingerprint density at radius 2 is 2.41 bits per heavy atom. The van der Waals surface area contributed by atoms with E-state index in [-0.39, 0.29) is 5.91 Å². The summed E-state index contributed by atoms with van der Waals surface area (Å²) >= 11 is 3.44. The molecule has 1 aromatic rings. The van der Waals surface area contributed by atoms with E-state index in [1.54, 1.807) is 0 Å². The molecule has 3 nitrogen and oxygen atoms in total. The van der Waals surface area contributed by atoms with Crippen LogP contribution in [0.25, 0.3) is 0 Å². The van der Waals surface area contributed by atoms with Gasteiger partial charge in [0.25, 0.3) is 5.91 Å². The average Bonchev–Trinajstić information content (AvgIpc) is 2.82. The number of carbonyl (C=O) groups is 1. The van der Waals surface area contributed by atoms with E-state index >= 15 is 0 Å². The van der Waals surface area contributed by atoms with Crippen LogP contribution in [0, 0.1) is 6.92 Å². The van der Waals surface area contributed by atoms with Crippen LogP contribution < -0.4 is 10.6 Å². The van der Waals surface area contributed by atoms with Gasteiger partial charge in [-0.3, -0.25) is 4.79 Å². The molecule has 0 saturated carbocycles. The predicted octanol–water partition coefficient (Wildman–Crippen LogP) is 2.24. The summed E-state index contributed by atoms with van der Waals surface area (Å²) in [7, 11) is 0. The van der Waals surface area contributed by atoms with E-state index in [1.165, 1.54) is 6.42 Å². The maximum atomic E-state index is 11.9. The second kappa shape index (κ2) is 5.65. The van der Waals surface area contributed by atoms with Gasteiger partial charge in [0, 0.05) is 22.6 Å². The Kier molecular flexibility index (Phi) is 4.18. The third kappa shape index (κ3) is 3.30. The van der Waals surface area contributed by atoms with Crippen molar-refractivity contribution in [1.82, 2.24) is 10.6 Å². The minimum Gasteiger partial charge on any atom is -0.350 e. The predicted molar refractivity (Wildman–Crippen MR) is 72.2 cm³/mol. The second-order valence-corrected chi connectivity index (χ2v) is 5.32. The number of carbonyl (C=O) groups excluding carboxylic acids is 1. The molecule has 2 rings (SSSR count). The molecule has 1 saturated heterocycles. The van der Waals surface area contributed by atoms with Crippen LogP contribution in [0.4, 0.5) is 0 Å². The zero-order chi connectivity index (χ0) is 12.3. The summed E-state index contributed by atoms with van der Waals surface area (Å²) in [5.41, 5.74) is 1.85. The number of hydrogen-bond donors (Lipinski definition) is 2. The molecule has 2 N–H and O–H groups in total. The maximum absolute atomic E-state index is 11.9. The Hall–Kier alpha value is -0.870. The molecule has 0 spiro atoms. The second-order valence-electron chi connectivity index (χ2n) is 4.47. The summed E-state index contributed by atoms with van der Waals surface area (Å²) in [5, 5.41) is 6.33. The SMILES string of the molecule is Cc1ccc(C(=O)NCC2CCCN2)cc1Br. The highest BCUT2D eigenvalue weighted by Gasteiger charge is 2.15. The summed E-state index contributed by atoms with van der Waals surface area (Å²) in [6.07, 6.45) is 2.36. The van der Waals surface area contributed by atoms with Crippen molar-refractivity contribution in [3.8, 4) is 0 Å². The topological polar surface area (TPSA) is 41.1 Å². The van der Waals surface area contributed by atoms with E-state index in [1.807, 2.05) is 25.1 Å². The van der Waals surface area contributed by atoms with Crippen molar-refractivity contribution in [2.45, 2.75) is 25.8 Å². The number of halogens is 1. The van der Waals surface area contributed by atoms with Crippen LogP contribution in [-0.4, -0.2) is 25.0 Å². The summed E-state index contributed by atoms with van der Waals surface area (Å²) in [6.45, 7) is 3.79. The van der Waals surface area contributed by atoms with Gasteiger partial charge in [-0.25, -0.2) is 0 Å². The summed E-state index contributed by atoms with van der Waals surface area (Å²) in [5.74, 6) is -0.000556. The Labute approximate surface area is 110 Å². The van der Waals surface area contributed by atoms with E-state index in [4.69, 9.17) is 0 Å². The average molecular weight is 297 g/mol. The molecular formula is C13H17BrN2O. The zero-order valence-corrected chi connectivity index (χ0v) is 11.5. The van der Waals surface area contributed by atoms with Gasteiger partial charge < -0.3 is 10.6 Å². The Bertz CT molecular complexity index is 414. The van der Waals surface area contributed by atoms with Gasteiger partial charge in [-0.05, 0) is 44.0 Å². The number of nitrogens with one attached hydrogen (secondary N) is 2. The van der Waals surface area contributed by atoms with Gasteiger partial charge in [-0.2, -0.15) is 0 Å². The number of hydrogen-bond acceptors (Lipinski definition) is 2. The van der Waals surface area contributed by atoms with E-state index in [0.29, 0.717) is 18.2 Å². The van der Waals surface area contributed by atoms with Crippen molar-refractivity contribution in [2.24, 2.45) is 0 Å². The Morgan fingerprint density at radius 3 is 3.06 bits per heavy atom. The van der Waals surface area contributed by atoms with E-state index in [0.717, 1.165) is 23.0 Å². The van der Waals surface area contributed by atoms with E-state index in [2.05, 4.69) is 26.6 Å². The van der Waals surface area contributed by atoms with Crippen molar-refractivity contribution in [1.29, 1.82) is 0 Å². The molecule has 17 heavy (non-hydrogen) atoms. The van der Waals surface area contributed by atoms with Gasteiger partial charge in [-0.15, -0.1) is 0 Å². The monoisotopic (exact) mass is 296 g/mol. The highest BCUT2D eigenvalue weighted by molar-refractivity contribution is 9.10. The number of benzene rings is 1. The lowest BCUT2D eigenvalue weighted by Gasteiger charge is -2.11. The van der Waals surface area contributed by atoms with E-state index < -0.39 is 0 Å². The molecule has 92 valence electrons. The number of amides is 1. The molecule has 0 bridgehead atoms. The molecule has 0 aromatic heterocycles. The first kappa shape index (κ1) is 12.6. The lowest BCUT2D eigenvalue weighted by molar-refractivity contribution is 0.0950. The van der Waals surface area contributed by atoms with Crippen LogP contribution in [0.1, 0.15) is 28.8 Å². The van der Waals surface area contributed by atoms with Crippen LogP contribution in [-0.2, 0) is 0 Å². The first-order valence-corrected chi connectivity index (χ1v) is 6.74. The van der Waals surface area contributed by atoms with Crippen molar-refractivity contribution >= 4 is 21.8 Å². The molecule has 1 aliphatic rings. The van der Waals surface area contributed by atoms with Crippen molar-refractivity contribution in [2.75, 3.05) is 13.1 Å². The first-order valence-electron chi connectivity index (χ1n) is 5.94. The highest BCUT2D eigenvalue weighted by atomic mass is 79.9. The molecule has 1 heterocycles. The van der Waals surface area contributed by atoms with Crippen molar-refractivity contribution in [3.05, 3.63) is 33.8 Å². The summed E-state index contributed by atoms with van der Waals surface area (Å²) in [4.78, 5) is 11.9. The fourth-order valence-electron chi connectivity index (χ4n) is 1.98. The molecule has 1 aromatic carbocycles. The molecule has 1 unspecified atom stereocenters. The highest BCUT2D eigenvalue weighted by Crippen LogP contribution is 2.17. The van der Waals surface area contributed by atoms with Gasteiger partial charge in [0.05, 0.1) is 0 Å². The number of rotatable bonds is 3. The van der Waals surface area contributed by atoms with Crippen LogP contribution >= 0.6 is 15.9 Å². The molecule has 1 fully saturated rings. The molecule has 4 heteroatoms. The first-order chi connectivity index (χ1) is 8.16. The van der Waals surface area contributed by atoms with Crippen molar-refractivity contribution < 1.29 is 4.79 Å². The third-order valence-electron chi connectivity index (χ3n) is 3.11. The molecule has 0 radical (unpaired) electrons. The minimum atomic E-state index is -0.000556. The van der Waals surface area contributed by atoms with Crippen LogP contribution in [0.2, 0.25) is 0 Å². The number of aryl methyl sites for hydroxylation is 1. The van der Waals surface area contributed by atoms with Gasteiger partial charge in [-0.1, -0.05) is 22.0 Å². The molecule has 1 aliphatic heterocycles. The smallest absolute Gasteiger partial charge is 0.251 e. The fraction of sp³-hybridized carbons (Fsp3) is 0.462. The third-order valence-corrected chi connectivity index (χ3v) is 3.96. The van der Waals surface area contributed by atoms with E-state index in [9.17, 15) is 4.79 Å². The van der Waals surface area contributed by atoms with Crippen LogP contribution in [0.15, 0.2) is 22.7 Å². The molecule has 1 atom stereocenters. The summed E-state index contributed by atoms with van der Waals surface area (Å²) in [6, 6.07) is 6.12.